The number of thiocarbonyl (C=S) groups is 1. The van der Waals surface area contributed by atoms with Crippen LogP contribution in [0.1, 0.15) is 31.0 Å². The molecule has 0 saturated heterocycles. The first-order valence-electron chi connectivity index (χ1n) is 5.54. The van der Waals surface area contributed by atoms with Crippen LogP contribution >= 0.6 is 12.2 Å². The van der Waals surface area contributed by atoms with Crippen molar-refractivity contribution in [3.63, 3.8) is 0 Å². The lowest BCUT2D eigenvalue weighted by Crippen LogP contribution is -2.24. The minimum atomic E-state index is 0.408. The van der Waals surface area contributed by atoms with Crippen molar-refractivity contribution in [3.05, 3.63) is 23.4 Å². The second-order valence-electron chi connectivity index (χ2n) is 3.96. The summed E-state index contributed by atoms with van der Waals surface area (Å²) in [5.41, 5.74) is 7.54. The first-order chi connectivity index (χ1) is 7.56. The molecule has 0 bridgehead atoms. The van der Waals surface area contributed by atoms with Gasteiger partial charge in [-0.2, -0.15) is 0 Å². The number of nitrogens with zero attached hydrogens (tertiary/aromatic N) is 2. The minimum Gasteiger partial charge on any atom is -0.389 e. The van der Waals surface area contributed by atoms with Crippen LogP contribution in [0, 0.1) is 6.92 Å². The molecule has 0 aliphatic rings. The highest BCUT2D eigenvalue weighted by Crippen LogP contribution is 2.17. The van der Waals surface area contributed by atoms with E-state index < -0.39 is 0 Å². The molecule has 0 spiro atoms. The van der Waals surface area contributed by atoms with Crippen LogP contribution in [0.3, 0.4) is 0 Å². The van der Waals surface area contributed by atoms with Crippen molar-refractivity contribution in [2.24, 2.45) is 5.73 Å². The van der Waals surface area contributed by atoms with E-state index in [4.69, 9.17) is 18.0 Å². The molecule has 4 heteroatoms. The number of anilines is 1. The Kier molecular flexibility index (Phi) is 4.68. The van der Waals surface area contributed by atoms with Gasteiger partial charge in [0.2, 0.25) is 0 Å². The Morgan fingerprint density at radius 3 is 2.75 bits per heavy atom. The third-order valence-electron chi connectivity index (χ3n) is 2.49. The molecule has 0 fully saturated rings. The molecule has 0 saturated carbocycles. The lowest BCUT2D eigenvalue weighted by atomic mass is 10.2. The van der Waals surface area contributed by atoms with Gasteiger partial charge in [-0.05, 0) is 25.5 Å². The molecule has 0 aromatic carbocycles. The summed E-state index contributed by atoms with van der Waals surface area (Å²) in [7, 11) is 2.03. The van der Waals surface area contributed by atoms with E-state index in [-0.39, 0.29) is 0 Å². The molecule has 1 aromatic rings. The van der Waals surface area contributed by atoms with Crippen molar-refractivity contribution >= 4 is 23.0 Å². The maximum absolute atomic E-state index is 5.70. The van der Waals surface area contributed by atoms with Gasteiger partial charge < -0.3 is 10.6 Å². The number of pyridine rings is 1. The van der Waals surface area contributed by atoms with Crippen LogP contribution < -0.4 is 10.6 Å². The van der Waals surface area contributed by atoms with Gasteiger partial charge in [-0.3, -0.25) is 0 Å². The molecular formula is C12H19N3S. The van der Waals surface area contributed by atoms with Gasteiger partial charge in [0.05, 0.1) is 5.56 Å². The number of aromatic nitrogens is 1. The largest absolute Gasteiger partial charge is 0.389 e. The number of unbranched alkanes of at least 4 members (excludes halogenated alkanes) is 1. The van der Waals surface area contributed by atoms with Crippen LogP contribution in [0.4, 0.5) is 5.82 Å². The summed E-state index contributed by atoms with van der Waals surface area (Å²) in [6.07, 6.45) is 2.31. The third-order valence-corrected chi connectivity index (χ3v) is 2.71. The fourth-order valence-electron chi connectivity index (χ4n) is 1.53. The quantitative estimate of drug-likeness (QED) is 0.798. The maximum Gasteiger partial charge on any atom is 0.138 e. The fourth-order valence-corrected chi connectivity index (χ4v) is 1.69. The highest BCUT2D eigenvalue weighted by molar-refractivity contribution is 7.80. The predicted molar refractivity (Wildman–Crippen MR) is 73.0 cm³/mol. The Morgan fingerprint density at radius 2 is 2.19 bits per heavy atom. The van der Waals surface area contributed by atoms with Crippen molar-refractivity contribution in [1.29, 1.82) is 0 Å². The molecule has 1 rings (SSSR count). The average Bonchev–Trinajstić information content (AvgIpc) is 2.25. The summed E-state index contributed by atoms with van der Waals surface area (Å²) in [6, 6.07) is 3.88. The monoisotopic (exact) mass is 237 g/mol. The average molecular weight is 237 g/mol. The Balaban J connectivity index is 2.99. The lowest BCUT2D eigenvalue weighted by molar-refractivity contribution is 0.758. The standard InChI is InChI=1S/C12H19N3S/c1-4-5-8-15(3)12-10(11(13)16)7-6-9(2)14-12/h6-7H,4-5,8H2,1-3H3,(H2,13,16). The third kappa shape index (κ3) is 3.17. The normalized spacial score (nSPS) is 10.2. The molecule has 0 aliphatic heterocycles. The molecule has 1 aromatic heterocycles. The highest BCUT2D eigenvalue weighted by Gasteiger charge is 2.11. The zero-order valence-electron chi connectivity index (χ0n) is 10.2. The fraction of sp³-hybridized carbons (Fsp3) is 0.500. The van der Waals surface area contributed by atoms with Crippen LogP contribution in [0.25, 0.3) is 0 Å². The van der Waals surface area contributed by atoms with Gasteiger partial charge in [-0.15, -0.1) is 0 Å². The van der Waals surface area contributed by atoms with Gasteiger partial charge in [-0.25, -0.2) is 4.98 Å². The lowest BCUT2D eigenvalue weighted by Gasteiger charge is -2.21. The Hall–Kier alpha value is -1.16. The molecule has 1 heterocycles. The van der Waals surface area contributed by atoms with Crippen LogP contribution in [0.5, 0.6) is 0 Å². The van der Waals surface area contributed by atoms with Crippen molar-refractivity contribution in [3.8, 4) is 0 Å². The van der Waals surface area contributed by atoms with E-state index >= 15 is 0 Å². The number of rotatable bonds is 5. The van der Waals surface area contributed by atoms with Crippen molar-refractivity contribution < 1.29 is 0 Å². The van der Waals surface area contributed by atoms with Gasteiger partial charge in [0.25, 0.3) is 0 Å². The van der Waals surface area contributed by atoms with E-state index in [1.54, 1.807) is 0 Å². The Bertz CT molecular complexity index is 377. The van der Waals surface area contributed by atoms with Crippen molar-refractivity contribution in [2.45, 2.75) is 26.7 Å². The highest BCUT2D eigenvalue weighted by atomic mass is 32.1. The van der Waals surface area contributed by atoms with Crippen LogP contribution in [0.2, 0.25) is 0 Å². The molecule has 2 N–H and O–H groups in total. The summed E-state index contributed by atoms with van der Waals surface area (Å²) >= 11 is 5.04. The van der Waals surface area contributed by atoms with Gasteiger partial charge in [0, 0.05) is 19.3 Å². The second-order valence-corrected chi connectivity index (χ2v) is 4.40. The Morgan fingerprint density at radius 1 is 1.50 bits per heavy atom. The maximum atomic E-state index is 5.70. The minimum absolute atomic E-state index is 0.408. The molecule has 88 valence electrons. The summed E-state index contributed by atoms with van der Waals surface area (Å²) in [5, 5.41) is 0. The first kappa shape index (κ1) is 12.9. The van der Waals surface area contributed by atoms with E-state index in [2.05, 4.69) is 16.8 Å². The smallest absolute Gasteiger partial charge is 0.138 e. The predicted octanol–water partition coefficient (Wildman–Crippen LogP) is 2.26. The molecule has 16 heavy (non-hydrogen) atoms. The van der Waals surface area contributed by atoms with E-state index in [0.29, 0.717) is 4.99 Å². The topological polar surface area (TPSA) is 42.2 Å². The summed E-state index contributed by atoms with van der Waals surface area (Å²) in [5.74, 6) is 0.890. The van der Waals surface area contributed by atoms with Crippen molar-refractivity contribution in [1.82, 2.24) is 4.98 Å². The molecule has 3 nitrogen and oxygen atoms in total. The van der Waals surface area contributed by atoms with E-state index in [0.717, 1.165) is 30.0 Å². The molecule has 0 radical (unpaired) electrons. The van der Waals surface area contributed by atoms with E-state index in [9.17, 15) is 0 Å². The summed E-state index contributed by atoms with van der Waals surface area (Å²) in [6.45, 7) is 5.12. The summed E-state index contributed by atoms with van der Waals surface area (Å²) in [4.78, 5) is 7.03. The van der Waals surface area contributed by atoms with Gasteiger partial charge in [-0.1, -0.05) is 25.6 Å². The zero-order valence-corrected chi connectivity index (χ0v) is 11.0. The number of aryl methyl sites for hydroxylation is 1. The van der Waals surface area contributed by atoms with Crippen LogP contribution in [-0.2, 0) is 0 Å². The SMILES string of the molecule is CCCCN(C)c1nc(C)ccc1C(N)=S. The number of nitrogens with two attached hydrogens (primary N) is 1. The van der Waals surface area contributed by atoms with Crippen molar-refractivity contribution in [2.75, 3.05) is 18.5 Å². The first-order valence-corrected chi connectivity index (χ1v) is 5.95. The van der Waals surface area contributed by atoms with Gasteiger partial charge >= 0.3 is 0 Å². The Labute approximate surface area is 103 Å². The number of hydrogen-bond donors (Lipinski definition) is 1. The van der Waals surface area contributed by atoms with E-state index in [1.165, 1.54) is 6.42 Å². The van der Waals surface area contributed by atoms with Crippen LogP contribution in [-0.4, -0.2) is 23.6 Å². The van der Waals surface area contributed by atoms with Crippen LogP contribution in [0.15, 0.2) is 12.1 Å². The molecule has 0 unspecified atom stereocenters. The summed E-state index contributed by atoms with van der Waals surface area (Å²) < 4.78 is 0. The molecule has 0 amide bonds. The van der Waals surface area contributed by atoms with Gasteiger partial charge in [0.15, 0.2) is 0 Å². The molecule has 0 aliphatic carbocycles. The molecular weight excluding hydrogens is 218 g/mol. The van der Waals surface area contributed by atoms with Gasteiger partial charge in [0.1, 0.15) is 10.8 Å². The molecule has 0 atom stereocenters. The van der Waals surface area contributed by atoms with E-state index in [1.807, 2.05) is 26.1 Å². The zero-order chi connectivity index (χ0) is 12.1. The second kappa shape index (κ2) is 5.80. The number of hydrogen-bond acceptors (Lipinski definition) is 3.